The van der Waals surface area contributed by atoms with Gasteiger partial charge in [0.2, 0.25) is 0 Å². The Balaban J connectivity index is 2.56. The van der Waals surface area contributed by atoms with Crippen molar-refractivity contribution in [2.75, 3.05) is 6.54 Å². The number of rotatable bonds is 5. The summed E-state index contributed by atoms with van der Waals surface area (Å²) in [7, 11) is 0. The summed E-state index contributed by atoms with van der Waals surface area (Å²) in [6, 6.07) is 5.60. The van der Waals surface area contributed by atoms with Crippen LogP contribution in [-0.4, -0.2) is 22.9 Å². The molecule has 3 nitrogen and oxygen atoms in total. The largest absolute Gasteiger partial charge is 0.508 e. The van der Waals surface area contributed by atoms with E-state index in [0.717, 1.165) is 17.5 Å². The van der Waals surface area contributed by atoms with Gasteiger partial charge in [0.1, 0.15) is 5.75 Å². The third kappa shape index (κ3) is 5.62. The Kier molecular flexibility index (Phi) is 5.39. The van der Waals surface area contributed by atoms with Crippen molar-refractivity contribution in [2.45, 2.75) is 53.2 Å². The van der Waals surface area contributed by atoms with Crippen LogP contribution in [0.15, 0.2) is 18.2 Å². The third-order valence-electron chi connectivity index (χ3n) is 3.16. The van der Waals surface area contributed by atoms with Crippen LogP contribution in [0.3, 0.4) is 0 Å². The summed E-state index contributed by atoms with van der Waals surface area (Å²) in [5.74, 6) is 0.302. The molecule has 0 saturated heterocycles. The maximum Gasteiger partial charge on any atom is 0.120 e. The lowest BCUT2D eigenvalue weighted by Crippen LogP contribution is -2.31. The van der Waals surface area contributed by atoms with Gasteiger partial charge in [0.25, 0.3) is 0 Å². The molecule has 0 aromatic heterocycles. The van der Waals surface area contributed by atoms with E-state index < -0.39 is 0 Å². The van der Waals surface area contributed by atoms with Crippen molar-refractivity contribution < 1.29 is 10.2 Å². The smallest absolute Gasteiger partial charge is 0.120 e. The van der Waals surface area contributed by atoms with E-state index in [1.165, 1.54) is 0 Å². The number of aliphatic hydroxyl groups excluding tert-OH is 1. The second-order valence-electron chi connectivity index (χ2n) is 6.61. The van der Waals surface area contributed by atoms with E-state index >= 15 is 0 Å². The number of phenols is 1. The van der Waals surface area contributed by atoms with Gasteiger partial charge in [0.15, 0.2) is 0 Å². The van der Waals surface area contributed by atoms with Crippen molar-refractivity contribution in [1.82, 2.24) is 5.32 Å². The Hall–Kier alpha value is -1.06. The minimum absolute atomic E-state index is 0.0227. The highest BCUT2D eigenvalue weighted by atomic mass is 16.3. The van der Waals surface area contributed by atoms with Gasteiger partial charge in [-0.15, -0.1) is 0 Å². The van der Waals surface area contributed by atoms with Crippen LogP contribution in [0.4, 0.5) is 0 Å². The second kappa shape index (κ2) is 6.40. The van der Waals surface area contributed by atoms with Crippen LogP contribution in [0.2, 0.25) is 0 Å². The molecule has 0 spiro atoms. The number of aryl methyl sites for hydroxylation is 1. The number of aliphatic hydroxyl groups is 1. The molecule has 0 saturated carbocycles. The fourth-order valence-electron chi connectivity index (χ4n) is 2.22. The van der Waals surface area contributed by atoms with E-state index in [0.29, 0.717) is 12.3 Å². The molecular weight excluding hydrogens is 238 g/mol. The fourth-order valence-corrected chi connectivity index (χ4v) is 2.22. The fraction of sp³-hybridized carbons (Fsp3) is 0.625. The standard InChI is InChI=1S/C16H27NO2/c1-11-6-7-15(19)14(8-11)12(2)17-10-13(18)9-16(3,4)5/h6-8,12-13,17-19H,9-10H2,1-5H3. The molecule has 2 unspecified atom stereocenters. The van der Waals surface area contributed by atoms with Crippen molar-refractivity contribution in [3.05, 3.63) is 29.3 Å². The normalized spacial score (nSPS) is 15.3. The molecule has 0 heterocycles. The Bertz CT molecular complexity index is 410. The summed E-state index contributed by atoms with van der Waals surface area (Å²) in [5, 5.41) is 23.1. The number of aromatic hydroxyl groups is 1. The van der Waals surface area contributed by atoms with Crippen molar-refractivity contribution in [1.29, 1.82) is 0 Å². The number of nitrogens with one attached hydrogen (secondary N) is 1. The third-order valence-corrected chi connectivity index (χ3v) is 3.16. The molecule has 0 fully saturated rings. The minimum atomic E-state index is -0.366. The van der Waals surface area contributed by atoms with Crippen LogP contribution in [0.5, 0.6) is 5.75 Å². The Morgan fingerprint density at radius 1 is 1.26 bits per heavy atom. The van der Waals surface area contributed by atoms with E-state index in [4.69, 9.17) is 0 Å². The molecule has 0 aliphatic rings. The van der Waals surface area contributed by atoms with E-state index in [9.17, 15) is 10.2 Å². The number of hydrogen-bond donors (Lipinski definition) is 3. The Morgan fingerprint density at radius 2 is 1.89 bits per heavy atom. The highest BCUT2D eigenvalue weighted by Crippen LogP contribution is 2.25. The monoisotopic (exact) mass is 265 g/mol. The molecular formula is C16H27NO2. The zero-order valence-corrected chi connectivity index (χ0v) is 12.7. The first-order valence-electron chi connectivity index (χ1n) is 6.90. The molecule has 108 valence electrons. The van der Waals surface area contributed by atoms with Crippen LogP contribution in [-0.2, 0) is 0 Å². The van der Waals surface area contributed by atoms with Crippen molar-refractivity contribution in [3.63, 3.8) is 0 Å². The highest BCUT2D eigenvalue weighted by molar-refractivity contribution is 5.37. The summed E-state index contributed by atoms with van der Waals surface area (Å²) in [4.78, 5) is 0. The van der Waals surface area contributed by atoms with E-state index in [2.05, 4.69) is 26.1 Å². The van der Waals surface area contributed by atoms with Gasteiger partial charge in [0.05, 0.1) is 6.10 Å². The van der Waals surface area contributed by atoms with Gasteiger partial charge in [-0.25, -0.2) is 0 Å². The van der Waals surface area contributed by atoms with Crippen LogP contribution < -0.4 is 5.32 Å². The van der Waals surface area contributed by atoms with Crippen LogP contribution in [0.1, 0.15) is 51.3 Å². The van der Waals surface area contributed by atoms with Crippen LogP contribution in [0, 0.1) is 12.3 Å². The van der Waals surface area contributed by atoms with Crippen LogP contribution >= 0.6 is 0 Å². The van der Waals surface area contributed by atoms with Gasteiger partial charge in [-0.3, -0.25) is 0 Å². The second-order valence-corrected chi connectivity index (χ2v) is 6.61. The van der Waals surface area contributed by atoms with Gasteiger partial charge in [-0.05, 0) is 31.7 Å². The predicted octanol–water partition coefficient (Wildman–Crippen LogP) is 3.15. The summed E-state index contributed by atoms with van der Waals surface area (Å²) in [5.41, 5.74) is 2.12. The molecule has 1 aromatic rings. The maximum atomic E-state index is 9.98. The summed E-state index contributed by atoms with van der Waals surface area (Å²) < 4.78 is 0. The summed E-state index contributed by atoms with van der Waals surface area (Å²) >= 11 is 0. The van der Waals surface area contributed by atoms with E-state index in [1.54, 1.807) is 6.07 Å². The molecule has 3 N–H and O–H groups in total. The van der Waals surface area contributed by atoms with Crippen LogP contribution in [0.25, 0.3) is 0 Å². The summed E-state index contributed by atoms with van der Waals surface area (Å²) in [6.45, 7) is 10.9. The molecule has 3 heteroatoms. The van der Waals surface area contributed by atoms with Gasteiger partial charge in [-0.1, -0.05) is 38.5 Å². The average molecular weight is 265 g/mol. The zero-order valence-electron chi connectivity index (χ0n) is 12.7. The van der Waals surface area contributed by atoms with Gasteiger partial charge < -0.3 is 15.5 Å². The Labute approximate surface area is 116 Å². The molecule has 1 rings (SSSR count). The van der Waals surface area contributed by atoms with Crippen molar-refractivity contribution in [2.24, 2.45) is 5.41 Å². The SMILES string of the molecule is Cc1ccc(O)c(C(C)NCC(O)CC(C)(C)C)c1. The zero-order chi connectivity index (χ0) is 14.6. The average Bonchev–Trinajstić information content (AvgIpc) is 2.27. The quantitative estimate of drug-likeness (QED) is 0.766. The van der Waals surface area contributed by atoms with E-state index in [1.807, 2.05) is 26.0 Å². The maximum absolute atomic E-state index is 9.98. The molecule has 19 heavy (non-hydrogen) atoms. The van der Waals surface area contributed by atoms with Gasteiger partial charge in [0, 0.05) is 18.2 Å². The first-order valence-corrected chi connectivity index (χ1v) is 6.90. The van der Waals surface area contributed by atoms with Gasteiger partial charge >= 0.3 is 0 Å². The Morgan fingerprint density at radius 3 is 2.47 bits per heavy atom. The van der Waals surface area contributed by atoms with E-state index in [-0.39, 0.29) is 17.6 Å². The number of phenolic OH excluding ortho intramolecular Hbond substituents is 1. The number of hydrogen-bond acceptors (Lipinski definition) is 3. The topological polar surface area (TPSA) is 52.5 Å². The first-order chi connectivity index (χ1) is 8.69. The van der Waals surface area contributed by atoms with Crippen molar-refractivity contribution >= 4 is 0 Å². The lowest BCUT2D eigenvalue weighted by Gasteiger charge is -2.24. The lowest BCUT2D eigenvalue weighted by atomic mass is 9.89. The molecule has 0 aliphatic carbocycles. The minimum Gasteiger partial charge on any atom is -0.508 e. The molecule has 0 radical (unpaired) electrons. The lowest BCUT2D eigenvalue weighted by molar-refractivity contribution is 0.117. The molecule has 0 bridgehead atoms. The first kappa shape index (κ1) is 16.0. The van der Waals surface area contributed by atoms with Crippen molar-refractivity contribution in [3.8, 4) is 5.75 Å². The summed E-state index contributed by atoms with van der Waals surface area (Å²) in [6.07, 6.45) is 0.390. The molecule has 2 atom stereocenters. The van der Waals surface area contributed by atoms with Gasteiger partial charge in [-0.2, -0.15) is 0 Å². The molecule has 0 amide bonds. The number of benzene rings is 1. The highest BCUT2D eigenvalue weighted by Gasteiger charge is 2.18. The predicted molar refractivity (Wildman–Crippen MR) is 79.3 cm³/mol. The molecule has 1 aromatic carbocycles. The molecule has 0 aliphatic heterocycles.